The fourth-order valence-electron chi connectivity index (χ4n) is 2.97. The number of carbonyl (C=O) groups is 1. The van der Waals surface area contributed by atoms with Crippen LogP contribution in [-0.2, 0) is 0 Å². The van der Waals surface area contributed by atoms with Crippen LogP contribution >= 0.6 is 15.9 Å². The van der Waals surface area contributed by atoms with Crippen LogP contribution < -0.4 is 0 Å². The first-order valence-electron chi connectivity index (χ1n) is 7.25. The minimum Gasteiger partial charge on any atom is -0.339 e. The van der Waals surface area contributed by atoms with E-state index in [0.29, 0.717) is 4.47 Å². The monoisotopic (exact) mass is 341 g/mol. The second-order valence-electron chi connectivity index (χ2n) is 5.60. The van der Waals surface area contributed by atoms with E-state index in [2.05, 4.69) is 22.9 Å². The number of rotatable bonds is 3. The fraction of sp³-hybridized carbons (Fsp3) is 0.562. The summed E-state index contributed by atoms with van der Waals surface area (Å²) in [6.45, 7) is 2.22. The van der Waals surface area contributed by atoms with Crippen molar-refractivity contribution in [1.29, 1.82) is 0 Å². The summed E-state index contributed by atoms with van der Waals surface area (Å²) in [7, 11) is 1.79. The molecule has 2 rings (SSSR count). The van der Waals surface area contributed by atoms with Crippen molar-refractivity contribution < 1.29 is 9.18 Å². The molecule has 0 N–H and O–H groups in total. The molecule has 1 fully saturated rings. The Morgan fingerprint density at radius 1 is 1.35 bits per heavy atom. The Hall–Kier alpha value is -0.900. The standard InChI is InChI=1S/C16H21BrFNO/c1-3-11-7-9-12(10-8-11)19(2)16(20)13-5-4-6-14(17)15(13)18/h4-6,11-12H,3,7-10H2,1-2H3. The van der Waals surface area contributed by atoms with Gasteiger partial charge in [-0.05, 0) is 59.7 Å². The molecule has 1 aromatic rings. The lowest BCUT2D eigenvalue weighted by molar-refractivity contribution is 0.0670. The van der Waals surface area contributed by atoms with Gasteiger partial charge in [-0.1, -0.05) is 19.4 Å². The van der Waals surface area contributed by atoms with Crippen molar-refractivity contribution in [3.8, 4) is 0 Å². The Labute approximate surface area is 128 Å². The Bertz CT molecular complexity index is 483. The third kappa shape index (κ3) is 3.22. The van der Waals surface area contributed by atoms with Gasteiger partial charge in [0.1, 0.15) is 5.82 Å². The van der Waals surface area contributed by atoms with Crippen molar-refractivity contribution >= 4 is 21.8 Å². The van der Waals surface area contributed by atoms with Crippen molar-refractivity contribution in [3.63, 3.8) is 0 Å². The molecule has 0 spiro atoms. The van der Waals surface area contributed by atoms with Gasteiger partial charge in [0.05, 0.1) is 10.0 Å². The highest BCUT2D eigenvalue weighted by atomic mass is 79.9. The lowest BCUT2D eigenvalue weighted by atomic mass is 9.84. The fourth-order valence-corrected chi connectivity index (χ4v) is 3.33. The van der Waals surface area contributed by atoms with Crippen molar-refractivity contribution in [2.24, 2.45) is 5.92 Å². The summed E-state index contributed by atoms with van der Waals surface area (Å²) >= 11 is 3.13. The summed E-state index contributed by atoms with van der Waals surface area (Å²) < 4.78 is 14.3. The lowest BCUT2D eigenvalue weighted by Gasteiger charge is -2.34. The molecule has 1 aromatic carbocycles. The number of carbonyl (C=O) groups excluding carboxylic acids is 1. The number of hydrogen-bond acceptors (Lipinski definition) is 1. The predicted molar refractivity (Wildman–Crippen MR) is 82.2 cm³/mol. The molecule has 1 saturated carbocycles. The number of halogens is 2. The van der Waals surface area contributed by atoms with E-state index in [1.807, 2.05) is 0 Å². The van der Waals surface area contributed by atoms with Gasteiger partial charge in [0.25, 0.3) is 5.91 Å². The van der Waals surface area contributed by atoms with Crippen LogP contribution in [0, 0.1) is 11.7 Å². The van der Waals surface area contributed by atoms with Gasteiger partial charge in [-0.15, -0.1) is 0 Å². The topological polar surface area (TPSA) is 20.3 Å². The van der Waals surface area contributed by atoms with Gasteiger partial charge < -0.3 is 4.90 Å². The summed E-state index contributed by atoms with van der Waals surface area (Å²) in [4.78, 5) is 14.2. The zero-order valence-corrected chi connectivity index (χ0v) is 13.6. The van der Waals surface area contributed by atoms with E-state index in [1.54, 1.807) is 30.1 Å². The summed E-state index contributed by atoms with van der Waals surface area (Å²) in [5.41, 5.74) is 0.152. The quantitative estimate of drug-likeness (QED) is 0.784. The number of hydrogen-bond donors (Lipinski definition) is 0. The number of nitrogens with zero attached hydrogens (tertiary/aromatic N) is 1. The van der Waals surface area contributed by atoms with Crippen molar-refractivity contribution in [2.75, 3.05) is 7.05 Å². The second-order valence-corrected chi connectivity index (χ2v) is 6.45. The molecule has 4 heteroatoms. The molecule has 0 aromatic heterocycles. The summed E-state index contributed by atoms with van der Waals surface area (Å²) in [6.07, 6.45) is 5.59. The highest BCUT2D eigenvalue weighted by Crippen LogP contribution is 2.30. The maximum atomic E-state index is 14.0. The van der Waals surface area contributed by atoms with Gasteiger partial charge in [0, 0.05) is 13.1 Å². The van der Waals surface area contributed by atoms with Crippen LogP contribution in [0.1, 0.15) is 49.4 Å². The smallest absolute Gasteiger partial charge is 0.256 e. The van der Waals surface area contributed by atoms with Gasteiger partial charge in [-0.25, -0.2) is 4.39 Å². The van der Waals surface area contributed by atoms with Crippen LogP contribution in [0.15, 0.2) is 22.7 Å². The van der Waals surface area contributed by atoms with E-state index in [1.165, 1.54) is 19.3 Å². The minimum absolute atomic E-state index is 0.152. The van der Waals surface area contributed by atoms with E-state index >= 15 is 0 Å². The van der Waals surface area contributed by atoms with E-state index in [-0.39, 0.29) is 17.5 Å². The summed E-state index contributed by atoms with van der Waals surface area (Å²) in [6, 6.07) is 5.10. The highest BCUT2D eigenvalue weighted by Gasteiger charge is 2.27. The Morgan fingerprint density at radius 3 is 2.60 bits per heavy atom. The van der Waals surface area contributed by atoms with Crippen LogP contribution in [0.3, 0.4) is 0 Å². The normalized spacial score (nSPS) is 22.6. The zero-order valence-electron chi connectivity index (χ0n) is 12.0. The van der Waals surface area contributed by atoms with E-state index in [9.17, 15) is 9.18 Å². The van der Waals surface area contributed by atoms with Crippen molar-refractivity contribution in [1.82, 2.24) is 4.90 Å². The molecule has 2 nitrogen and oxygen atoms in total. The molecule has 0 unspecified atom stereocenters. The van der Waals surface area contributed by atoms with Gasteiger partial charge in [-0.2, -0.15) is 0 Å². The SMILES string of the molecule is CCC1CCC(N(C)C(=O)c2cccc(Br)c2F)CC1. The molecule has 0 radical (unpaired) electrons. The molecule has 0 aliphatic heterocycles. The molecule has 20 heavy (non-hydrogen) atoms. The first-order chi connectivity index (χ1) is 9.54. The maximum absolute atomic E-state index is 14.0. The zero-order chi connectivity index (χ0) is 14.7. The summed E-state index contributed by atoms with van der Waals surface area (Å²) in [5, 5.41) is 0. The second kappa shape index (κ2) is 6.70. The molecule has 0 bridgehead atoms. The molecule has 1 aliphatic carbocycles. The number of benzene rings is 1. The average molecular weight is 342 g/mol. The predicted octanol–water partition coefficient (Wildman–Crippen LogP) is 4.63. The molecular weight excluding hydrogens is 321 g/mol. The summed E-state index contributed by atoms with van der Waals surface area (Å²) in [5.74, 6) is 0.104. The molecule has 1 aliphatic rings. The van der Waals surface area contributed by atoms with Crippen LogP contribution in [-0.4, -0.2) is 23.9 Å². The van der Waals surface area contributed by atoms with Gasteiger partial charge in [0.2, 0.25) is 0 Å². The van der Waals surface area contributed by atoms with Crippen LogP contribution in [0.4, 0.5) is 4.39 Å². The first-order valence-corrected chi connectivity index (χ1v) is 8.05. The first kappa shape index (κ1) is 15.5. The van der Waals surface area contributed by atoms with Crippen molar-refractivity contribution in [3.05, 3.63) is 34.1 Å². The van der Waals surface area contributed by atoms with E-state index in [4.69, 9.17) is 0 Å². The van der Waals surface area contributed by atoms with Crippen LogP contribution in [0.5, 0.6) is 0 Å². The minimum atomic E-state index is -0.466. The van der Waals surface area contributed by atoms with Gasteiger partial charge in [-0.3, -0.25) is 4.79 Å². The van der Waals surface area contributed by atoms with Crippen LogP contribution in [0.25, 0.3) is 0 Å². The molecule has 1 amide bonds. The average Bonchev–Trinajstić information content (AvgIpc) is 2.48. The highest BCUT2D eigenvalue weighted by molar-refractivity contribution is 9.10. The van der Waals surface area contributed by atoms with E-state index in [0.717, 1.165) is 18.8 Å². The third-order valence-electron chi connectivity index (χ3n) is 4.44. The molecular formula is C16H21BrFNO. The Morgan fingerprint density at radius 2 is 2.00 bits per heavy atom. The van der Waals surface area contributed by atoms with Crippen molar-refractivity contribution in [2.45, 2.75) is 45.1 Å². The van der Waals surface area contributed by atoms with Crippen LogP contribution in [0.2, 0.25) is 0 Å². The Balaban J connectivity index is 2.07. The molecule has 110 valence electrons. The largest absolute Gasteiger partial charge is 0.339 e. The van der Waals surface area contributed by atoms with E-state index < -0.39 is 5.82 Å². The lowest BCUT2D eigenvalue weighted by Crippen LogP contribution is -2.39. The number of amides is 1. The van der Waals surface area contributed by atoms with Gasteiger partial charge in [0.15, 0.2) is 0 Å². The molecule has 0 atom stereocenters. The van der Waals surface area contributed by atoms with Gasteiger partial charge >= 0.3 is 0 Å². The molecule has 0 saturated heterocycles. The maximum Gasteiger partial charge on any atom is 0.256 e. The molecule has 0 heterocycles. The Kier molecular flexibility index (Phi) is 5.19. The third-order valence-corrected chi connectivity index (χ3v) is 5.06.